The first-order valence-corrected chi connectivity index (χ1v) is 6.09. The molecule has 4 heteroatoms. The summed E-state index contributed by atoms with van der Waals surface area (Å²) in [5.74, 6) is 0.759. The van der Waals surface area contributed by atoms with Gasteiger partial charge in [-0.25, -0.2) is 4.98 Å². The molecule has 0 radical (unpaired) electrons. The minimum Gasteiger partial charge on any atom is -0.391 e. The third kappa shape index (κ3) is 2.30. The standard InChI is InChI=1S/C12H17ClN2O/c1-15(10-6-2-3-7-11(10)16)12-9(13)5-4-8-14-12/h4-5,8,10-11,16H,2-3,6-7H2,1H3. The van der Waals surface area contributed by atoms with Gasteiger partial charge < -0.3 is 10.0 Å². The predicted octanol–water partition coefficient (Wildman–Crippen LogP) is 2.47. The second-order valence-corrected chi connectivity index (χ2v) is 4.75. The minimum atomic E-state index is -0.267. The molecule has 16 heavy (non-hydrogen) atoms. The minimum absolute atomic E-state index is 0.140. The number of nitrogens with zero attached hydrogens (tertiary/aromatic N) is 2. The topological polar surface area (TPSA) is 36.4 Å². The molecule has 3 nitrogen and oxygen atoms in total. The molecular formula is C12H17ClN2O. The van der Waals surface area contributed by atoms with Gasteiger partial charge in [-0.1, -0.05) is 24.4 Å². The lowest BCUT2D eigenvalue weighted by molar-refractivity contribution is 0.106. The van der Waals surface area contributed by atoms with E-state index < -0.39 is 0 Å². The lowest BCUT2D eigenvalue weighted by Gasteiger charge is -2.36. The monoisotopic (exact) mass is 240 g/mol. The second kappa shape index (κ2) is 5.02. The van der Waals surface area contributed by atoms with Crippen molar-refractivity contribution in [2.24, 2.45) is 0 Å². The van der Waals surface area contributed by atoms with Gasteiger partial charge in [-0.3, -0.25) is 0 Å². The van der Waals surface area contributed by atoms with Gasteiger partial charge in [-0.05, 0) is 25.0 Å². The summed E-state index contributed by atoms with van der Waals surface area (Å²) in [5, 5.41) is 10.6. The van der Waals surface area contributed by atoms with Crippen LogP contribution in [0.15, 0.2) is 18.3 Å². The van der Waals surface area contributed by atoms with Crippen molar-refractivity contribution in [3.63, 3.8) is 0 Å². The summed E-state index contributed by atoms with van der Waals surface area (Å²) in [4.78, 5) is 6.28. The predicted molar refractivity (Wildman–Crippen MR) is 65.9 cm³/mol. The summed E-state index contributed by atoms with van der Waals surface area (Å²) in [6.07, 6.45) is 5.62. The summed E-state index contributed by atoms with van der Waals surface area (Å²) in [7, 11) is 1.95. The Bertz CT molecular complexity index is 359. The fourth-order valence-electron chi connectivity index (χ4n) is 2.34. The van der Waals surface area contributed by atoms with Crippen molar-refractivity contribution in [1.82, 2.24) is 4.98 Å². The number of anilines is 1. The Hall–Kier alpha value is -0.800. The van der Waals surface area contributed by atoms with Crippen LogP contribution in [0.1, 0.15) is 25.7 Å². The molecule has 1 aromatic heterocycles. The molecule has 1 aliphatic carbocycles. The van der Waals surface area contributed by atoms with Crippen LogP contribution < -0.4 is 4.90 Å². The Labute approximate surface area is 101 Å². The summed E-state index contributed by atoms with van der Waals surface area (Å²) in [6.45, 7) is 0. The molecule has 2 atom stereocenters. The third-order valence-corrected chi connectivity index (χ3v) is 3.56. The average molecular weight is 241 g/mol. The zero-order valence-electron chi connectivity index (χ0n) is 9.43. The van der Waals surface area contributed by atoms with Gasteiger partial charge in [0, 0.05) is 13.2 Å². The molecule has 0 saturated heterocycles. The van der Waals surface area contributed by atoms with Crippen LogP contribution in [0.2, 0.25) is 5.02 Å². The van der Waals surface area contributed by atoms with Gasteiger partial charge in [0.15, 0.2) is 0 Å². The zero-order valence-corrected chi connectivity index (χ0v) is 10.2. The van der Waals surface area contributed by atoms with E-state index in [9.17, 15) is 5.11 Å². The van der Waals surface area contributed by atoms with Crippen molar-refractivity contribution >= 4 is 17.4 Å². The lowest BCUT2D eigenvalue weighted by Crippen LogP contribution is -2.43. The van der Waals surface area contributed by atoms with E-state index in [0.717, 1.165) is 31.5 Å². The molecule has 0 spiro atoms. The number of rotatable bonds is 2. The van der Waals surface area contributed by atoms with Crippen molar-refractivity contribution < 1.29 is 5.11 Å². The van der Waals surface area contributed by atoms with Crippen LogP contribution in [0.5, 0.6) is 0 Å². The summed E-state index contributed by atoms with van der Waals surface area (Å²) in [6, 6.07) is 3.79. The molecule has 0 amide bonds. The highest BCUT2D eigenvalue weighted by atomic mass is 35.5. The SMILES string of the molecule is CN(c1ncccc1Cl)C1CCCCC1O. The van der Waals surface area contributed by atoms with Crippen LogP contribution >= 0.6 is 11.6 Å². The number of pyridine rings is 1. The van der Waals surface area contributed by atoms with Crippen molar-refractivity contribution in [3.05, 3.63) is 23.4 Å². The molecule has 88 valence electrons. The van der Waals surface area contributed by atoms with Crippen LogP contribution in [0.25, 0.3) is 0 Å². The van der Waals surface area contributed by atoms with E-state index in [4.69, 9.17) is 11.6 Å². The molecule has 2 rings (SSSR count). The number of halogens is 1. The van der Waals surface area contributed by atoms with E-state index in [1.165, 1.54) is 0 Å². The van der Waals surface area contributed by atoms with E-state index in [1.807, 2.05) is 24.1 Å². The van der Waals surface area contributed by atoms with E-state index >= 15 is 0 Å². The fourth-order valence-corrected chi connectivity index (χ4v) is 2.59. The molecule has 0 bridgehead atoms. The highest BCUT2D eigenvalue weighted by molar-refractivity contribution is 6.32. The van der Waals surface area contributed by atoms with Crippen LogP contribution in [0, 0.1) is 0 Å². The van der Waals surface area contributed by atoms with Crippen LogP contribution in [-0.2, 0) is 0 Å². The van der Waals surface area contributed by atoms with Gasteiger partial charge in [0.2, 0.25) is 0 Å². The zero-order chi connectivity index (χ0) is 11.5. The highest BCUT2D eigenvalue weighted by Gasteiger charge is 2.28. The van der Waals surface area contributed by atoms with Crippen molar-refractivity contribution in [3.8, 4) is 0 Å². The largest absolute Gasteiger partial charge is 0.391 e. The van der Waals surface area contributed by atoms with Gasteiger partial charge in [0.05, 0.1) is 17.2 Å². The second-order valence-electron chi connectivity index (χ2n) is 4.34. The normalized spacial score (nSPS) is 25.4. The first kappa shape index (κ1) is 11.7. The van der Waals surface area contributed by atoms with E-state index in [1.54, 1.807) is 6.20 Å². The Balaban J connectivity index is 2.17. The van der Waals surface area contributed by atoms with Crippen LogP contribution in [0.4, 0.5) is 5.82 Å². The van der Waals surface area contributed by atoms with Crippen molar-refractivity contribution in [2.45, 2.75) is 37.8 Å². The maximum absolute atomic E-state index is 9.98. The third-order valence-electron chi connectivity index (χ3n) is 3.26. The molecule has 0 aliphatic heterocycles. The Morgan fingerprint density at radius 2 is 2.19 bits per heavy atom. The molecule has 1 fully saturated rings. The highest BCUT2D eigenvalue weighted by Crippen LogP contribution is 2.29. The Kier molecular flexibility index (Phi) is 3.66. The maximum atomic E-state index is 9.98. The number of hydrogen-bond donors (Lipinski definition) is 1. The Morgan fingerprint density at radius 3 is 2.88 bits per heavy atom. The first-order chi connectivity index (χ1) is 7.70. The van der Waals surface area contributed by atoms with E-state index in [2.05, 4.69) is 4.98 Å². The number of likely N-dealkylation sites (N-methyl/N-ethyl adjacent to an activating group) is 1. The van der Waals surface area contributed by atoms with E-state index in [-0.39, 0.29) is 12.1 Å². The Morgan fingerprint density at radius 1 is 1.44 bits per heavy atom. The summed E-state index contributed by atoms with van der Waals surface area (Å²) in [5.41, 5.74) is 0. The maximum Gasteiger partial charge on any atom is 0.147 e. The molecule has 1 aliphatic rings. The van der Waals surface area contributed by atoms with Gasteiger partial charge in [0.25, 0.3) is 0 Å². The van der Waals surface area contributed by atoms with Crippen molar-refractivity contribution in [2.75, 3.05) is 11.9 Å². The molecular weight excluding hydrogens is 224 g/mol. The van der Waals surface area contributed by atoms with Crippen molar-refractivity contribution in [1.29, 1.82) is 0 Å². The summed E-state index contributed by atoms with van der Waals surface area (Å²) < 4.78 is 0. The number of aliphatic hydroxyl groups excluding tert-OH is 1. The number of aromatic nitrogens is 1. The first-order valence-electron chi connectivity index (χ1n) is 5.71. The number of aliphatic hydroxyl groups is 1. The van der Waals surface area contributed by atoms with Crippen LogP contribution in [-0.4, -0.2) is 29.3 Å². The molecule has 1 saturated carbocycles. The van der Waals surface area contributed by atoms with Gasteiger partial charge >= 0.3 is 0 Å². The lowest BCUT2D eigenvalue weighted by atomic mass is 9.91. The molecule has 1 aromatic rings. The van der Waals surface area contributed by atoms with Crippen LogP contribution in [0.3, 0.4) is 0 Å². The molecule has 1 N–H and O–H groups in total. The molecule has 1 heterocycles. The molecule has 2 unspecified atom stereocenters. The quantitative estimate of drug-likeness (QED) is 0.863. The molecule has 0 aromatic carbocycles. The van der Waals surface area contributed by atoms with Gasteiger partial charge in [-0.2, -0.15) is 0 Å². The fraction of sp³-hybridized carbons (Fsp3) is 0.583. The van der Waals surface area contributed by atoms with E-state index in [0.29, 0.717) is 5.02 Å². The average Bonchev–Trinajstić information content (AvgIpc) is 2.29. The van der Waals surface area contributed by atoms with Gasteiger partial charge in [0.1, 0.15) is 5.82 Å². The summed E-state index contributed by atoms with van der Waals surface area (Å²) >= 11 is 6.10. The van der Waals surface area contributed by atoms with Gasteiger partial charge in [-0.15, -0.1) is 0 Å². The smallest absolute Gasteiger partial charge is 0.147 e. The number of hydrogen-bond acceptors (Lipinski definition) is 3.